The van der Waals surface area contributed by atoms with Crippen molar-refractivity contribution in [3.8, 4) is 0 Å². The highest BCUT2D eigenvalue weighted by atomic mass is 32.2. The zero-order chi connectivity index (χ0) is 23.1. The van der Waals surface area contributed by atoms with Crippen LogP contribution in [-0.4, -0.2) is 44.3 Å². The highest BCUT2D eigenvalue weighted by Gasteiger charge is 2.32. The minimum Gasteiger partial charge on any atom is -0.462 e. The number of anilines is 1. The smallest absolute Gasteiger partial charge is 0.338 e. The Morgan fingerprint density at radius 2 is 1.69 bits per heavy atom. The van der Waals surface area contributed by atoms with Crippen molar-refractivity contribution in [3.63, 3.8) is 0 Å². The van der Waals surface area contributed by atoms with Gasteiger partial charge in [-0.05, 0) is 67.8 Å². The molecule has 2 aromatic rings. The third-order valence-electron chi connectivity index (χ3n) is 5.40. The summed E-state index contributed by atoms with van der Waals surface area (Å²) in [6.07, 6.45) is 2.52. The maximum absolute atomic E-state index is 13.1. The van der Waals surface area contributed by atoms with Crippen LogP contribution in [0.5, 0.6) is 0 Å². The number of halogens is 1. The molecule has 1 amide bonds. The third-order valence-corrected chi connectivity index (χ3v) is 7.31. The van der Waals surface area contributed by atoms with Crippen LogP contribution in [0, 0.1) is 11.7 Å². The molecule has 0 atom stereocenters. The second-order valence-electron chi connectivity index (χ2n) is 7.69. The number of hydrogen-bond donors (Lipinski definition) is 1. The topological polar surface area (TPSA) is 92.8 Å². The number of nitrogens with one attached hydrogen (secondary N) is 1. The lowest BCUT2D eigenvalue weighted by atomic mass is 9.97. The molecule has 7 nitrogen and oxygen atoms in total. The molecule has 3 rings (SSSR count). The van der Waals surface area contributed by atoms with Gasteiger partial charge in [-0.2, -0.15) is 4.31 Å². The number of ether oxygens (including phenoxy) is 1. The Labute approximate surface area is 187 Å². The molecule has 1 heterocycles. The molecule has 1 aliphatic heterocycles. The average molecular weight is 463 g/mol. The van der Waals surface area contributed by atoms with Crippen molar-refractivity contribution < 1.29 is 27.1 Å². The molecule has 0 aromatic heterocycles. The molecule has 2 aromatic carbocycles. The molecule has 0 saturated carbocycles. The van der Waals surface area contributed by atoms with Crippen LogP contribution in [-0.2, 0) is 19.6 Å². The second kappa shape index (κ2) is 10.7. The Morgan fingerprint density at radius 3 is 2.28 bits per heavy atom. The lowest BCUT2D eigenvalue weighted by Crippen LogP contribution is -2.41. The molecule has 9 heteroatoms. The number of benzene rings is 2. The molecule has 172 valence electrons. The van der Waals surface area contributed by atoms with Crippen molar-refractivity contribution >= 4 is 27.6 Å². The molecule has 0 bridgehead atoms. The van der Waals surface area contributed by atoms with Gasteiger partial charge in [0.15, 0.2) is 0 Å². The summed E-state index contributed by atoms with van der Waals surface area (Å²) in [6, 6.07) is 11.2. The van der Waals surface area contributed by atoms with Crippen molar-refractivity contribution in [2.45, 2.75) is 37.5 Å². The van der Waals surface area contributed by atoms with E-state index in [0.29, 0.717) is 30.7 Å². The summed E-state index contributed by atoms with van der Waals surface area (Å²) in [5.41, 5.74) is 0.972. The monoisotopic (exact) mass is 462 g/mol. The molecular weight excluding hydrogens is 435 g/mol. The Morgan fingerprint density at radius 1 is 1.06 bits per heavy atom. The van der Waals surface area contributed by atoms with Gasteiger partial charge in [0.2, 0.25) is 15.9 Å². The van der Waals surface area contributed by atoms with E-state index < -0.39 is 21.8 Å². The van der Waals surface area contributed by atoms with Gasteiger partial charge in [-0.15, -0.1) is 0 Å². The van der Waals surface area contributed by atoms with Crippen LogP contribution in [0.4, 0.5) is 10.1 Å². The highest BCUT2D eigenvalue weighted by molar-refractivity contribution is 7.89. The number of unbranched alkanes of at least 4 members (excludes halogenated alkanes) is 1. The van der Waals surface area contributed by atoms with Crippen molar-refractivity contribution in [2.24, 2.45) is 5.92 Å². The van der Waals surface area contributed by atoms with E-state index in [2.05, 4.69) is 5.32 Å². The molecule has 1 N–H and O–H groups in total. The Hall–Kier alpha value is -2.78. The number of hydrogen-bond acceptors (Lipinski definition) is 5. The fraction of sp³-hybridized carbons (Fsp3) is 0.391. The first-order chi connectivity index (χ1) is 15.3. The molecule has 1 saturated heterocycles. The van der Waals surface area contributed by atoms with Crippen molar-refractivity contribution in [1.82, 2.24) is 4.31 Å². The van der Waals surface area contributed by atoms with E-state index in [1.807, 2.05) is 6.92 Å². The van der Waals surface area contributed by atoms with Crippen molar-refractivity contribution in [1.29, 1.82) is 0 Å². The van der Waals surface area contributed by atoms with E-state index in [4.69, 9.17) is 4.74 Å². The zero-order valence-electron chi connectivity index (χ0n) is 17.9. The van der Waals surface area contributed by atoms with Gasteiger partial charge in [-0.25, -0.2) is 17.6 Å². The van der Waals surface area contributed by atoms with Gasteiger partial charge in [-0.1, -0.05) is 13.3 Å². The largest absolute Gasteiger partial charge is 0.462 e. The number of carbonyl (C=O) groups excluding carboxylic acids is 2. The summed E-state index contributed by atoms with van der Waals surface area (Å²) in [4.78, 5) is 24.6. The molecule has 32 heavy (non-hydrogen) atoms. The lowest BCUT2D eigenvalue weighted by molar-refractivity contribution is -0.120. The highest BCUT2D eigenvalue weighted by Crippen LogP contribution is 2.25. The maximum Gasteiger partial charge on any atom is 0.338 e. The molecular formula is C23H27FN2O5S. The van der Waals surface area contributed by atoms with Gasteiger partial charge >= 0.3 is 5.97 Å². The summed E-state index contributed by atoms with van der Waals surface area (Å²) in [5, 5.41) is 2.82. The first-order valence-corrected chi connectivity index (χ1v) is 12.1. The van der Waals surface area contributed by atoms with Crippen LogP contribution in [0.25, 0.3) is 0 Å². The SMILES string of the molecule is CCCCOC(=O)c1ccc(NC(=O)C2CCN(S(=O)(=O)c3ccc(F)cc3)CC2)cc1. The van der Waals surface area contributed by atoms with Gasteiger partial charge in [0.1, 0.15) is 5.82 Å². The summed E-state index contributed by atoms with van der Waals surface area (Å²) in [7, 11) is -3.72. The van der Waals surface area contributed by atoms with Crippen LogP contribution in [0.1, 0.15) is 43.0 Å². The van der Waals surface area contributed by atoms with Crippen LogP contribution in [0.15, 0.2) is 53.4 Å². The average Bonchev–Trinajstić information content (AvgIpc) is 2.80. The quantitative estimate of drug-likeness (QED) is 0.476. The Kier molecular flexibility index (Phi) is 7.98. The fourth-order valence-corrected chi connectivity index (χ4v) is 4.91. The summed E-state index contributed by atoms with van der Waals surface area (Å²) >= 11 is 0. The number of amides is 1. The number of esters is 1. The van der Waals surface area contributed by atoms with E-state index in [9.17, 15) is 22.4 Å². The van der Waals surface area contributed by atoms with Gasteiger partial charge in [0.25, 0.3) is 0 Å². The number of nitrogens with zero attached hydrogens (tertiary/aromatic N) is 1. The number of carbonyl (C=O) groups is 2. The Balaban J connectivity index is 1.52. The van der Waals surface area contributed by atoms with E-state index in [1.54, 1.807) is 24.3 Å². The first-order valence-electron chi connectivity index (χ1n) is 10.6. The van der Waals surface area contributed by atoms with Crippen molar-refractivity contribution in [2.75, 3.05) is 25.0 Å². The van der Waals surface area contributed by atoms with Gasteiger partial charge < -0.3 is 10.1 Å². The summed E-state index contributed by atoms with van der Waals surface area (Å²) in [6.45, 7) is 2.81. The van der Waals surface area contributed by atoms with Gasteiger partial charge in [0, 0.05) is 24.7 Å². The fourth-order valence-electron chi connectivity index (χ4n) is 3.44. The van der Waals surface area contributed by atoms with Crippen LogP contribution < -0.4 is 5.32 Å². The van der Waals surface area contributed by atoms with Gasteiger partial charge in [-0.3, -0.25) is 4.79 Å². The normalized spacial score (nSPS) is 15.3. The first kappa shape index (κ1) is 23.9. The minimum absolute atomic E-state index is 0.0371. The van der Waals surface area contributed by atoms with Crippen molar-refractivity contribution in [3.05, 3.63) is 59.9 Å². The zero-order valence-corrected chi connectivity index (χ0v) is 18.7. The molecule has 0 spiro atoms. The van der Waals surface area contributed by atoms with E-state index in [-0.39, 0.29) is 29.8 Å². The maximum atomic E-state index is 13.1. The second-order valence-corrected chi connectivity index (χ2v) is 9.63. The van der Waals surface area contributed by atoms with Gasteiger partial charge in [0.05, 0.1) is 17.1 Å². The number of piperidine rings is 1. The standard InChI is InChI=1S/C23H27FN2O5S/c1-2-3-16-31-23(28)18-4-8-20(9-5-18)25-22(27)17-12-14-26(15-13-17)32(29,30)21-10-6-19(24)7-11-21/h4-11,17H,2-3,12-16H2,1H3,(H,25,27). The van der Waals surface area contributed by atoms with Crippen LogP contribution in [0.3, 0.4) is 0 Å². The minimum atomic E-state index is -3.72. The molecule has 0 radical (unpaired) electrons. The molecule has 1 aliphatic rings. The number of sulfonamides is 1. The van der Waals surface area contributed by atoms with E-state index in [1.165, 1.54) is 16.4 Å². The lowest BCUT2D eigenvalue weighted by Gasteiger charge is -2.30. The summed E-state index contributed by atoms with van der Waals surface area (Å²) < 4.78 is 45.0. The van der Waals surface area contributed by atoms with E-state index in [0.717, 1.165) is 25.0 Å². The predicted octanol–water partition coefficient (Wildman–Crippen LogP) is 3.82. The summed E-state index contributed by atoms with van der Waals surface area (Å²) in [5.74, 6) is -1.41. The van der Waals surface area contributed by atoms with Crippen LogP contribution >= 0.6 is 0 Å². The molecule has 0 aliphatic carbocycles. The Bertz CT molecular complexity index is 1030. The molecule has 0 unspecified atom stereocenters. The predicted molar refractivity (Wildman–Crippen MR) is 118 cm³/mol. The van der Waals surface area contributed by atoms with Crippen LogP contribution in [0.2, 0.25) is 0 Å². The third kappa shape index (κ3) is 5.92. The number of rotatable bonds is 8. The van der Waals surface area contributed by atoms with E-state index >= 15 is 0 Å². The molecule has 1 fully saturated rings.